The van der Waals surface area contributed by atoms with Crippen LogP contribution in [-0.4, -0.2) is 7.11 Å². The summed E-state index contributed by atoms with van der Waals surface area (Å²) in [7, 11) is 1.47. The quantitative estimate of drug-likeness (QED) is 0.846. The van der Waals surface area contributed by atoms with Gasteiger partial charge in [0.25, 0.3) is 0 Å². The number of halogens is 4. The minimum atomic E-state index is -1.25. The lowest BCUT2D eigenvalue weighted by Crippen LogP contribution is -2.05. The van der Waals surface area contributed by atoms with Gasteiger partial charge in [-0.05, 0) is 12.1 Å². The molecule has 1 N–H and O–H groups in total. The number of anilines is 1. The Morgan fingerprint density at radius 2 is 1.95 bits per heavy atom. The van der Waals surface area contributed by atoms with Crippen molar-refractivity contribution in [3.8, 4) is 5.75 Å². The Morgan fingerprint density at radius 3 is 2.65 bits per heavy atom. The van der Waals surface area contributed by atoms with Crippen molar-refractivity contribution in [1.82, 2.24) is 0 Å². The highest BCUT2D eigenvalue weighted by molar-refractivity contribution is 6.31. The van der Waals surface area contributed by atoms with Gasteiger partial charge in [-0.25, -0.2) is 13.2 Å². The summed E-state index contributed by atoms with van der Waals surface area (Å²) >= 11 is 6.01. The minimum Gasteiger partial charge on any atom is -0.496 e. The van der Waals surface area contributed by atoms with Gasteiger partial charge in [-0.2, -0.15) is 0 Å². The molecule has 0 radical (unpaired) electrons. The summed E-state index contributed by atoms with van der Waals surface area (Å²) in [5, 5.41) is 3.02. The first-order valence-corrected chi connectivity index (χ1v) is 6.10. The van der Waals surface area contributed by atoms with Gasteiger partial charge >= 0.3 is 0 Å². The third kappa shape index (κ3) is 2.99. The molecule has 6 heteroatoms. The molecule has 2 aromatic rings. The van der Waals surface area contributed by atoms with E-state index < -0.39 is 17.5 Å². The van der Waals surface area contributed by atoms with E-state index in [0.717, 1.165) is 6.07 Å². The van der Waals surface area contributed by atoms with Crippen LogP contribution in [0.25, 0.3) is 0 Å². The molecule has 20 heavy (non-hydrogen) atoms. The van der Waals surface area contributed by atoms with Crippen LogP contribution in [0.2, 0.25) is 5.02 Å². The lowest BCUT2D eigenvalue weighted by Gasteiger charge is -2.13. The molecule has 0 heterocycles. The van der Waals surface area contributed by atoms with Crippen LogP contribution in [-0.2, 0) is 6.54 Å². The molecule has 106 valence electrons. The standard InChI is InChI=1S/C14H11ClF3NO/c1-20-13-4-2-3-10(15)9(13)7-19-12-6-8(16)5-11(17)14(12)18/h2-6,19H,7H2,1H3. The molecule has 0 amide bonds. The van der Waals surface area contributed by atoms with Gasteiger partial charge in [0, 0.05) is 29.3 Å². The maximum absolute atomic E-state index is 13.5. The molecule has 0 saturated carbocycles. The van der Waals surface area contributed by atoms with E-state index in [1.807, 2.05) is 0 Å². The molecular formula is C14H11ClF3NO. The Bertz CT molecular complexity index is 634. The van der Waals surface area contributed by atoms with Gasteiger partial charge in [-0.1, -0.05) is 17.7 Å². The van der Waals surface area contributed by atoms with Crippen LogP contribution in [0.5, 0.6) is 5.75 Å². The summed E-state index contributed by atoms with van der Waals surface area (Å²) in [5.41, 5.74) is 0.296. The summed E-state index contributed by atoms with van der Waals surface area (Å²) in [4.78, 5) is 0. The Kier molecular flexibility index (Phi) is 4.39. The average Bonchev–Trinajstić information content (AvgIpc) is 2.42. The largest absolute Gasteiger partial charge is 0.496 e. The van der Waals surface area contributed by atoms with Crippen LogP contribution < -0.4 is 10.1 Å². The molecule has 0 saturated heterocycles. The fourth-order valence-electron chi connectivity index (χ4n) is 1.77. The molecule has 2 nitrogen and oxygen atoms in total. The van der Waals surface area contributed by atoms with Crippen molar-refractivity contribution in [3.05, 3.63) is 58.4 Å². The van der Waals surface area contributed by atoms with E-state index >= 15 is 0 Å². The van der Waals surface area contributed by atoms with Crippen LogP contribution in [0.1, 0.15) is 5.56 Å². The van der Waals surface area contributed by atoms with Crippen LogP contribution in [0.4, 0.5) is 18.9 Å². The SMILES string of the molecule is COc1cccc(Cl)c1CNc1cc(F)cc(F)c1F. The Labute approximate surface area is 119 Å². The highest BCUT2D eigenvalue weighted by atomic mass is 35.5. The van der Waals surface area contributed by atoms with E-state index in [4.69, 9.17) is 16.3 Å². The molecule has 0 unspecified atom stereocenters. The van der Waals surface area contributed by atoms with E-state index in [1.54, 1.807) is 18.2 Å². The normalized spacial score (nSPS) is 10.4. The fraction of sp³-hybridized carbons (Fsp3) is 0.143. The lowest BCUT2D eigenvalue weighted by atomic mass is 10.2. The molecule has 0 spiro atoms. The van der Waals surface area contributed by atoms with Gasteiger partial charge in [-0.15, -0.1) is 0 Å². The van der Waals surface area contributed by atoms with E-state index in [9.17, 15) is 13.2 Å². The predicted octanol–water partition coefficient (Wildman–Crippen LogP) is 4.38. The maximum atomic E-state index is 13.5. The minimum absolute atomic E-state index is 0.0721. The topological polar surface area (TPSA) is 21.3 Å². The predicted molar refractivity (Wildman–Crippen MR) is 71.6 cm³/mol. The summed E-state index contributed by atoms with van der Waals surface area (Å²) < 4.78 is 44.8. The molecule has 0 atom stereocenters. The maximum Gasteiger partial charge on any atom is 0.182 e. The van der Waals surface area contributed by atoms with Crippen molar-refractivity contribution in [2.24, 2.45) is 0 Å². The molecule has 0 aliphatic heterocycles. The van der Waals surface area contributed by atoms with Gasteiger partial charge in [-0.3, -0.25) is 0 Å². The second-order valence-electron chi connectivity index (χ2n) is 4.02. The number of ether oxygens (including phenoxy) is 1. The van der Waals surface area contributed by atoms with Gasteiger partial charge < -0.3 is 10.1 Å². The molecule has 2 aromatic carbocycles. The third-order valence-electron chi connectivity index (χ3n) is 2.74. The van der Waals surface area contributed by atoms with Crippen molar-refractivity contribution in [2.75, 3.05) is 12.4 Å². The Morgan fingerprint density at radius 1 is 1.20 bits per heavy atom. The smallest absolute Gasteiger partial charge is 0.182 e. The number of hydrogen-bond acceptors (Lipinski definition) is 2. The highest BCUT2D eigenvalue weighted by Gasteiger charge is 2.13. The number of hydrogen-bond donors (Lipinski definition) is 1. The monoisotopic (exact) mass is 301 g/mol. The fourth-order valence-corrected chi connectivity index (χ4v) is 2.00. The van der Waals surface area contributed by atoms with Crippen molar-refractivity contribution in [1.29, 1.82) is 0 Å². The summed E-state index contributed by atoms with van der Waals surface area (Å²) in [5.74, 6) is -2.75. The zero-order valence-corrected chi connectivity index (χ0v) is 11.3. The van der Waals surface area contributed by atoms with Crippen LogP contribution >= 0.6 is 11.6 Å². The van der Waals surface area contributed by atoms with Crippen molar-refractivity contribution in [2.45, 2.75) is 6.54 Å². The van der Waals surface area contributed by atoms with Crippen molar-refractivity contribution < 1.29 is 17.9 Å². The number of nitrogens with one attached hydrogen (secondary N) is 1. The molecule has 0 bridgehead atoms. The second-order valence-corrected chi connectivity index (χ2v) is 4.43. The van der Waals surface area contributed by atoms with E-state index in [1.165, 1.54) is 7.11 Å². The molecule has 0 fully saturated rings. The van der Waals surface area contributed by atoms with Gasteiger partial charge in [0.15, 0.2) is 11.6 Å². The van der Waals surface area contributed by atoms with Crippen LogP contribution in [0.15, 0.2) is 30.3 Å². The third-order valence-corrected chi connectivity index (χ3v) is 3.10. The number of rotatable bonds is 4. The summed E-state index contributed by atoms with van der Waals surface area (Å²) in [6.45, 7) is 0.0721. The van der Waals surface area contributed by atoms with Gasteiger partial charge in [0.1, 0.15) is 11.6 Å². The second kappa shape index (κ2) is 6.05. The lowest BCUT2D eigenvalue weighted by molar-refractivity contribution is 0.410. The zero-order valence-electron chi connectivity index (χ0n) is 10.5. The van der Waals surface area contributed by atoms with E-state index in [-0.39, 0.29) is 12.2 Å². The first-order valence-electron chi connectivity index (χ1n) is 5.72. The molecule has 0 aliphatic carbocycles. The number of methoxy groups -OCH3 is 1. The van der Waals surface area contributed by atoms with Gasteiger partial charge in [0.2, 0.25) is 0 Å². The first-order chi connectivity index (χ1) is 9.52. The molecule has 0 aliphatic rings. The van der Waals surface area contributed by atoms with Crippen LogP contribution in [0, 0.1) is 17.5 Å². The van der Waals surface area contributed by atoms with Crippen molar-refractivity contribution >= 4 is 17.3 Å². The first kappa shape index (κ1) is 14.5. The highest BCUT2D eigenvalue weighted by Crippen LogP contribution is 2.28. The summed E-state index contributed by atoms with van der Waals surface area (Å²) in [6.07, 6.45) is 0. The van der Waals surface area contributed by atoms with Crippen LogP contribution in [0.3, 0.4) is 0 Å². The van der Waals surface area contributed by atoms with Gasteiger partial charge in [0.05, 0.1) is 12.8 Å². The Hall–Kier alpha value is -1.88. The molecule has 0 aromatic heterocycles. The van der Waals surface area contributed by atoms with E-state index in [0.29, 0.717) is 22.4 Å². The Balaban J connectivity index is 2.26. The van der Waals surface area contributed by atoms with E-state index in [2.05, 4.69) is 5.32 Å². The average molecular weight is 302 g/mol. The zero-order chi connectivity index (χ0) is 14.7. The summed E-state index contributed by atoms with van der Waals surface area (Å²) in [6, 6.07) is 6.39. The van der Waals surface area contributed by atoms with Crippen molar-refractivity contribution in [3.63, 3.8) is 0 Å². The molecule has 2 rings (SSSR count). The molecular weight excluding hydrogens is 291 g/mol. The number of benzene rings is 2.